The van der Waals surface area contributed by atoms with E-state index in [0.717, 1.165) is 12.1 Å². The fraction of sp³-hybridized carbons (Fsp3) is 0.500. The van der Waals surface area contributed by atoms with Crippen molar-refractivity contribution in [3.63, 3.8) is 0 Å². The first-order chi connectivity index (χ1) is 7.63. The van der Waals surface area contributed by atoms with E-state index in [1.807, 2.05) is 13.1 Å². The molecule has 1 N–H and O–H groups in total. The van der Waals surface area contributed by atoms with Crippen LogP contribution >= 0.6 is 11.6 Å². The largest absolute Gasteiger partial charge is 0.493 e. The molecular weight excluding hydrogens is 226 g/mol. The van der Waals surface area contributed by atoms with Crippen molar-refractivity contribution in [1.82, 2.24) is 5.32 Å². The number of methoxy groups -OCH3 is 2. The number of hydrogen-bond donors (Lipinski definition) is 1. The zero-order valence-corrected chi connectivity index (χ0v) is 10.9. The Balaban J connectivity index is 3.10. The zero-order chi connectivity index (χ0) is 12.1. The lowest BCUT2D eigenvalue weighted by Crippen LogP contribution is -2.15. The van der Waals surface area contributed by atoms with Crippen molar-refractivity contribution in [2.75, 3.05) is 27.8 Å². The third-order valence-corrected chi connectivity index (χ3v) is 2.87. The highest BCUT2D eigenvalue weighted by molar-refractivity contribution is 6.31. The molecule has 1 aromatic carbocycles. The monoisotopic (exact) mass is 243 g/mol. The van der Waals surface area contributed by atoms with E-state index < -0.39 is 0 Å². The molecule has 0 aliphatic carbocycles. The molecule has 0 aliphatic rings. The average Bonchev–Trinajstić information content (AvgIpc) is 2.28. The Morgan fingerprint density at radius 1 is 1.25 bits per heavy atom. The third kappa shape index (κ3) is 2.80. The Morgan fingerprint density at radius 2 is 1.81 bits per heavy atom. The molecule has 0 amide bonds. The van der Waals surface area contributed by atoms with Gasteiger partial charge >= 0.3 is 0 Å². The summed E-state index contributed by atoms with van der Waals surface area (Å²) in [7, 11) is 5.15. The van der Waals surface area contributed by atoms with Crippen LogP contribution in [0, 0.1) is 0 Å². The van der Waals surface area contributed by atoms with Crippen LogP contribution in [0.25, 0.3) is 0 Å². The lowest BCUT2D eigenvalue weighted by atomic mass is 10.0. The second-order valence-electron chi connectivity index (χ2n) is 3.69. The van der Waals surface area contributed by atoms with Gasteiger partial charge in [-0.25, -0.2) is 0 Å². The molecule has 1 rings (SSSR count). The Kier molecular flexibility index (Phi) is 4.90. The van der Waals surface area contributed by atoms with Gasteiger partial charge < -0.3 is 14.8 Å². The Bertz CT molecular complexity index is 355. The molecule has 0 aliphatic heterocycles. The zero-order valence-electron chi connectivity index (χ0n) is 10.1. The van der Waals surface area contributed by atoms with Crippen LogP contribution in [0.3, 0.4) is 0 Å². The molecule has 0 aromatic heterocycles. The molecule has 1 aromatic rings. The maximum atomic E-state index is 6.20. The fourth-order valence-corrected chi connectivity index (χ4v) is 2.00. The molecule has 0 fully saturated rings. The highest BCUT2D eigenvalue weighted by Crippen LogP contribution is 2.36. The van der Waals surface area contributed by atoms with Crippen molar-refractivity contribution in [3.05, 3.63) is 22.7 Å². The molecule has 90 valence electrons. The molecule has 0 spiro atoms. The summed E-state index contributed by atoms with van der Waals surface area (Å²) in [5, 5.41) is 3.84. The molecule has 0 bridgehead atoms. The summed E-state index contributed by atoms with van der Waals surface area (Å²) in [5.41, 5.74) is 1.06. The number of halogens is 1. The number of benzene rings is 1. The Labute approximate surface area is 102 Å². The van der Waals surface area contributed by atoms with Gasteiger partial charge in [0.25, 0.3) is 0 Å². The first-order valence-corrected chi connectivity index (χ1v) is 5.57. The van der Waals surface area contributed by atoms with Gasteiger partial charge in [0.2, 0.25) is 0 Å². The van der Waals surface area contributed by atoms with Crippen molar-refractivity contribution in [3.8, 4) is 11.5 Å². The van der Waals surface area contributed by atoms with Crippen LogP contribution in [-0.4, -0.2) is 27.8 Å². The van der Waals surface area contributed by atoms with Crippen molar-refractivity contribution >= 4 is 11.6 Å². The molecule has 4 heteroatoms. The van der Waals surface area contributed by atoms with Gasteiger partial charge in [0.15, 0.2) is 11.5 Å². The standard InChI is InChI=1S/C12H18ClNO2/c1-8(7-14-2)9-5-11(15-3)12(16-4)6-10(9)13/h5-6,8,14H,7H2,1-4H3. The smallest absolute Gasteiger partial charge is 0.162 e. The summed E-state index contributed by atoms with van der Waals surface area (Å²) < 4.78 is 10.4. The summed E-state index contributed by atoms with van der Waals surface area (Å²) >= 11 is 6.20. The lowest BCUT2D eigenvalue weighted by Gasteiger charge is -2.16. The molecule has 0 heterocycles. The molecular formula is C12H18ClNO2. The Morgan fingerprint density at radius 3 is 2.31 bits per heavy atom. The van der Waals surface area contributed by atoms with Crippen molar-refractivity contribution in [2.24, 2.45) is 0 Å². The van der Waals surface area contributed by atoms with Crippen molar-refractivity contribution in [2.45, 2.75) is 12.8 Å². The number of rotatable bonds is 5. The molecule has 16 heavy (non-hydrogen) atoms. The SMILES string of the molecule is CNCC(C)c1cc(OC)c(OC)cc1Cl. The van der Waals surface area contributed by atoms with E-state index in [1.54, 1.807) is 20.3 Å². The van der Waals surface area contributed by atoms with Crippen molar-refractivity contribution in [1.29, 1.82) is 0 Å². The molecule has 0 radical (unpaired) electrons. The van der Waals surface area contributed by atoms with E-state index in [-0.39, 0.29) is 0 Å². The van der Waals surface area contributed by atoms with Crippen LogP contribution in [-0.2, 0) is 0 Å². The summed E-state index contributed by atoms with van der Waals surface area (Å²) in [6, 6.07) is 3.73. The average molecular weight is 244 g/mol. The van der Waals surface area contributed by atoms with E-state index >= 15 is 0 Å². The maximum absolute atomic E-state index is 6.20. The second kappa shape index (κ2) is 5.97. The highest BCUT2D eigenvalue weighted by atomic mass is 35.5. The first-order valence-electron chi connectivity index (χ1n) is 5.20. The van der Waals surface area contributed by atoms with Crippen LogP contribution in [0.5, 0.6) is 11.5 Å². The van der Waals surface area contributed by atoms with Crippen LogP contribution in [0.15, 0.2) is 12.1 Å². The van der Waals surface area contributed by atoms with Gasteiger partial charge in [0.1, 0.15) is 0 Å². The van der Waals surface area contributed by atoms with Crippen LogP contribution in [0.2, 0.25) is 5.02 Å². The quantitative estimate of drug-likeness (QED) is 0.863. The van der Waals surface area contributed by atoms with Crippen LogP contribution in [0.4, 0.5) is 0 Å². The lowest BCUT2D eigenvalue weighted by molar-refractivity contribution is 0.354. The molecule has 0 saturated carbocycles. The summed E-state index contributed by atoms with van der Waals surface area (Å²) in [6.45, 7) is 2.98. The van der Waals surface area contributed by atoms with E-state index in [0.29, 0.717) is 22.4 Å². The minimum Gasteiger partial charge on any atom is -0.493 e. The topological polar surface area (TPSA) is 30.5 Å². The summed E-state index contributed by atoms with van der Waals surface area (Å²) in [6.07, 6.45) is 0. The van der Waals surface area contributed by atoms with Gasteiger partial charge in [-0.1, -0.05) is 18.5 Å². The Hall–Kier alpha value is -0.930. The van der Waals surface area contributed by atoms with Gasteiger partial charge in [-0.15, -0.1) is 0 Å². The van der Waals surface area contributed by atoms with Gasteiger partial charge in [-0.2, -0.15) is 0 Å². The van der Waals surface area contributed by atoms with Gasteiger partial charge in [-0.3, -0.25) is 0 Å². The molecule has 1 unspecified atom stereocenters. The van der Waals surface area contributed by atoms with E-state index in [4.69, 9.17) is 21.1 Å². The van der Waals surface area contributed by atoms with Gasteiger partial charge in [0.05, 0.1) is 14.2 Å². The number of ether oxygens (including phenoxy) is 2. The van der Waals surface area contributed by atoms with Gasteiger partial charge in [0, 0.05) is 17.6 Å². The minimum atomic E-state index is 0.331. The predicted molar refractivity (Wildman–Crippen MR) is 66.9 cm³/mol. The molecule has 3 nitrogen and oxygen atoms in total. The first kappa shape index (κ1) is 13.1. The maximum Gasteiger partial charge on any atom is 0.162 e. The predicted octanol–water partition coefficient (Wildman–Crippen LogP) is 2.68. The fourth-order valence-electron chi connectivity index (χ4n) is 1.66. The van der Waals surface area contributed by atoms with E-state index in [9.17, 15) is 0 Å². The highest BCUT2D eigenvalue weighted by Gasteiger charge is 2.14. The molecule has 1 atom stereocenters. The second-order valence-corrected chi connectivity index (χ2v) is 4.09. The van der Waals surface area contributed by atoms with Crippen LogP contribution in [0.1, 0.15) is 18.4 Å². The third-order valence-electron chi connectivity index (χ3n) is 2.54. The number of likely N-dealkylation sites (N-methyl/N-ethyl adjacent to an activating group) is 1. The van der Waals surface area contributed by atoms with Gasteiger partial charge in [-0.05, 0) is 24.6 Å². The van der Waals surface area contributed by atoms with Crippen LogP contribution < -0.4 is 14.8 Å². The minimum absolute atomic E-state index is 0.331. The van der Waals surface area contributed by atoms with E-state index in [1.165, 1.54) is 0 Å². The normalized spacial score (nSPS) is 12.3. The summed E-state index contributed by atoms with van der Waals surface area (Å²) in [4.78, 5) is 0. The number of hydrogen-bond acceptors (Lipinski definition) is 3. The number of nitrogens with one attached hydrogen (secondary N) is 1. The van der Waals surface area contributed by atoms with E-state index in [2.05, 4.69) is 12.2 Å². The van der Waals surface area contributed by atoms with Crippen molar-refractivity contribution < 1.29 is 9.47 Å². The summed E-state index contributed by atoms with van der Waals surface area (Å²) in [5.74, 6) is 1.70. The molecule has 0 saturated heterocycles.